The molecule has 2 aromatic rings. The Labute approximate surface area is 176 Å². The van der Waals surface area contributed by atoms with Crippen molar-refractivity contribution < 1.29 is 23.2 Å². The van der Waals surface area contributed by atoms with Crippen molar-refractivity contribution in [1.82, 2.24) is 15.2 Å². The Balaban J connectivity index is 1.48. The molecule has 1 aromatic heterocycles. The van der Waals surface area contributed by atoms with E-state index in [1.807, 2.05) is 0 Å². The SMILES string of the molecule is N#Cc1cnccc1-c1ccc(C(=O)CN2C(=O)NC3(CCC(F)(F)CC3)C2=O)cc1. The highest BCUT2D eigenvalue weighted by Crippen LogP contribution is 2.41. The summed E-state index contributed by atoms with van der Waals surface area (Å²) < 4.78 is 27.0. The number of pyridine rings is 1. The Bertz CT molecular complexity index is 1100. The van der Waals surface area contributed by atoms with Crippen LogP contribution in [0.3, 0.4) is 0 Å². The van der Waals surface area contributed by atoms with Crippen LogP contribution in [-0.2, 0) is 4.79 Å². The van der Waals surface area contributed by atoms with E-state index in [9.17, 15) is 28.4 Å². The van der Waals surface area contributed by atoms with Crippen molar-refractivity contribution in [2.75, 3.05) is 6.54 Å². The molecule has 0 radical (unpaired) electrons. The molecule has 1 aliphatic heterocycles. The van der Waals surface area contributed by atoms with Crippen LogP contribution in [0.5, 0.6) is 0 Å². The molecular weight excluding hydrogens is 406 g/mol. The standard InChI is InChI=1S/C22H18F2N4O3/c23-22(24)8-6-21(7-9-22)19(30)28(20(31)27-21)13-18(29)15-3-1-14(2-4-15)17-5-10-26-12-16(17)11-25/h1-5,10,12H,6-9,13H2,(H,27,31). The normalized spacial score (nSPS) is 19.2. The molecule has 1 saturated carbocycles. The van der Waals surface area contributed by atoms with Crippen molar-refractivity contribution in [2.24, 2.45) is 0 Å². The first-order valence-corrected chi connectivity index (χ1v) is 9.74. The number of aromatic nitrogens is 1. The Morgan fingerprint density at radius 2 is 1.81 bits per heavy atom. The molecular formula is C22H18F2N4O3. The zero-order valence-electron chi connectivity index (χ0n) is 16.4. The van der Waals surface area contributed by atoms with Gasteiger partial charge in [0.1, 0.15) is 11.6 Å². The number of hydrogen-bond donors (Lipinski definition) is 1. The summed E-state index contributed by atoms with van der Waals surface area (Å²) in [5.74, 6) is -3.93. The van der Waals surface area contributed by atoms with E-state index in [-0.39, 0.29) is 18.4 Å². The number of imide groups is 1. The molecule has 1 spiro atoms. The number of rotatable bonds is 4. The summed E-state index contributed by atoms with van der Waals surface area (Å²) in [5, 5.41) is 11.7. The van der Waals surface area contributed by atoms with E-state index >= 15 is 0 Å². The van der Waals surface area contributed by atoms with Crippen LogP contribution in [0.2, 0.25) is 0 Å². The molecule has 1 N–H and O–H groups in total. The minimum atomic E-state index is -2.85. The molecule has 31 heavy (non-hydrogen) atoms. The summed E-state index contributed by atoms with van der Waals surface area (Å²) in [7, 11) is 0. The maximum atomic E-state index is 13.5. The van der Waals surface area contributed by atoms with Gasteiger partial charge in [-0.15, -0.1) is 0 Å². The number of amides is 3. The fourth-order valence-electron chi connectivity index (χ4n) is 4.01. The summed E-state index contributed by atoms with van der Waals surface area (Å²) in [4.78, 5) is 42.5. The van der Waals surface area contributed by atoms with Crippen LogP contribution < -0.4 is 5.32 Å². The monoisotopic (exact) mass is 424 g/mol. The molecule has 1 aromatic carbocycles. The van der Waals surface area contributed by atoms with E-state index in [4.69, 9.17) is 0 Å². The lowest BCUT2D eigenvalue weighted by molar-refractivity contribution is -0.135. The number of Topliss-reactive ketones (excluding diaryl/α,β-unsaturated/α-hetero) is 1. The number of benzene rings is 1. The number of hydrogen-bond acceptors (Lipinski definition) is 5. The van der Waals surface area contributed by atoms with Crippen molar-refractivity contribution in [2.45, 2.75) is 37.1 Å². The van der Waals surface area contributed by atoms with Crippen LogP contribution in [0.15, 0.2) is 42.7 Å². The third-order valence-electron chi connectivity index (χ3n) is 5.84. The van der Waals surface area contributed by atoms with Crippen molar-refractivity contribution in [3.8, 4) is 17.2 Å². The van der Waals surface area contributed by atoms with E-state index in [2.05, 4.69) is 16.4 Å². The molecule has 7 nitrogen and oxygen atoms in total. The summed E-state index contributed by atoms with van der Waals surface area (Å²) in [6.07, 6.45) is 1.73. The van der Waals surface area contributed by atoms with Gasteiger partial charge in [-0.05, 0) is 24.5 Å². The number of halogens is 2. The molecule has 2 fully saturated rings. The van der Waals surface area contributed by atoms with Crippen molar-refractivity contribution in [3.63, 3.8) is 0 Å². The molecule has 1 saturated heterocycles. The fourth-order valence-corrected chi connectivity index (χ4v) is 4.01. The van der Waals surface area contributed by atoms with Crippen LogP contribution in [-0.4, -0.2) is 45.6 Å². The van der Waals surface area contributed by atoms with Crippen LogP contribution >= 0.6 is 0 Å². The lowest BCUT2D eigenvalue weighted by Gasteiger charge is -2.34. The average molecular weight is 424 g/mol. The van der Waals surface area contributed by atoms with Gasteiger partial charge in [-0.3, -0.25) is 19.5 Å². The van der Waals surface area contributed by atoms with Crippen LogP contribution in [0.4, 0.5) is 13.6 Å². The molecule has 0 unspecified atom stereocenters. The van der Waals surface area contributed by atoms with Gasteiger partial charge < -0.3 is 5.32 Å². The lowest BCUT2D eigenvalue weighted by Crippen LogP contribution is -2.51. The fraction of sp³-hybridized carbons (Fsp3) is 0.318. The summed E-state index contributed by atoms with van der Waals surface area (Å²) >= 11 is 0. The van der Waals surface area contributed by atoms with Crippen LogP contribution in [0, 0.1) is 11.3 Å². The van der Waals surface area contributed by atoms with Crippen molar-refractivity contribution in [1.29, 1.82) is 5.26 Å². The minimum absolute atomic E-state index is 0.156. The Hall–Kier alpha value is -3.67. The van der Waals surface area contributed by atoms with Gasteiger partial charge in [0.05, 0.1) is 12.1 Å². The summed E-state index contributed by atoms with van der Waals surface area (Å²) in [5.41, 5.74) is 0.712. The number of nitriles is 1. The smallest absolute Gasteiger partial charge is 0.323 e. The van der Waals surface area contributed by atoms with Gasteiger partial charge in [0.2, 0.25) is 5.92 Å². The molecule has 0 bridgehead atoms. The third kappa shape index (κ3) is 3.77. The Morgan fingerprint density at radius 3 is 2.45 bits per heavy atom. The number of ketones is 1. The van der Waals surface area contributed by atoms with Gasteiger partial charge in [0.25, 0.3) is 5.91 Å². The van der Waals surface area contributed by atoms with E-state index in [1.165, 1.54) is 6.20 Å². The molecule has 2 heterocycles. The second-order valence-electron chi connectivity index (χ2n) is 7.79. The number of urea groups is 1. The Morgan fingerprint density at radius 1 is 1.13 bits per heavy atom. The van der Waals surface area contributed by atoms with Crippen LogP contribution in [0.1, 0.15) is 41.6 Å². The number of carbonyl (C=O) groups is 3. The number of nitrogens with zero attached hydrogens (tertiary/aromatic N) is 3. The van der Waals surface area contributed by atoms with Crippen molar-refractivity contribution >= 4 is 17.7 Å². The van der Waals surface area contributed by atoms with Gasteiger partial charge in [0.15, 0.2) is 5.78 Å². The zero-order chi connectivity index (χ0) is 22.2. The second kappa shape index (κ2) is 7.54. The quantitative estimate of drug-likeness (QED) is 0.599. The van der Waals surface area contributed by atoms with Gasteiger partial charge in [-0.2, -0.15) is 5.26 Å². The van der Waals surface area contributed by atoms with Gasteiger partial charge in [-0.1, -0.05) is 24.3 Å². The largest absolute Gasteiger partial charge is 0.325 e. The lowest BCUT2D eigenvalue weighted by atomic mass is 9.80. The maximum absolute atomic E-state index is 13.5. The Kier molecular flexibility index (Phi) is 5.01. The summed E-state index contributed by atoms with van der Waals surface area (Å²) in [6, 6.07) is 9.44. The van der Waals surface area contributed by atoms with E-state index < -0.39 is 48.6 Å². The van der Waals surface area contributed by atoms with E-state index in [0.717, 1.165) is 4.90 Å². The number of alkyl halides is 2. The maximum Gasteiger partial charge on any atom is 0.325 e. The van der Waals surface area contributed by atoms with Crippen LogP contribution in [0.25, 0.3) is 11.1 Å². The summed E-state index contributed by atoms with van der Waals surface area (Å²) in [6.45, 7) is -0.471. The number of carbonyl (C=O) groups excluding carboxylic acids is 3. The average Bonchev–Trinajstić information content (AvgIpc) is 3.00. The molecule has 2 aliphatic rings. The third-order valence-corrected chi connectivity index (χ3v) is 5.84. The highest BCUT2D eigenvalue weighted by molar-refractivity contribution is 6.11. The highest BCUT2D eigenvalue weighted by atomic mass is 19.3. The predicted molar refractivity (Wildman–Crippen MR) is 105 cm³/mol. The first-order valence-electron chi connectivity index (χ1n) is 9.74. The van der Waals surface area contributed by atoms with Crippen molar-refractivity contribution in [3.05, 3.63) is 53.9 Å². The van der Waals surface area contributed by atoms with E-state index in [1.54, 1.807) is 36.5 Å². The predicted octanol–water partition coefficient (Wildman–Crippen LogP) is 3.30. The minimum Gasteiger partial charge on any atom is -0.323 e. The molecule has 158 valence electrons. The molecule has 1 aliphatic carbocycles. The molecule has 3 amide bonds. The molecule has 9 heteroatoms. The number of nitrogens with one attached hydrogen (secondary N) is 1. The molecule has 4 rings (SSSR count). The zero-order valence-corrected chi connectivity index (χ0v) is 16.4. The molecule has 0 atom stereocenters. The van der Waals surface area contributed by atoms with Gasteiger partial charge in [-0.25, -0.2) is 13.6 Å². The first-order chi connectivity index (χ1) is 14.7. The van der Waals surface area contributed by atoms with Gasteiger partial charge >= 0.3 is 6.03 Å². The van der Waals surface area contributed by atoms with E-state index in [0.29, 0.717) is 16.7 Å². The highest BCUT2D eigenvalue weighted by Gasteiger charge is 2.55. The van der Waals surface area contributed by atoms with Gasteiger partial charge in [0, 0.05) is 36.4 Å². The first kappa shape index (κ1) is 20.6. The topological polar surface area (TPSA) is 103 Å². The second-order valence-corrected chi connectivity index (χ2v) is 7.79.